The Morgan fingerprint density at radius 1 is 1.50 bits per heavy atom. The molecule has 7 heteroatoms. The molecule has 1 aliphatic heterocycles. The van der Waals surface area contributed by atoms with Gasteiger partial charge >= 0.3 is 7.12 Å². The molecular formula is C15H18BN3O3. The number of carbonyl (C=O) groups excluding carboxylic acids is 1. The molecule has 0 saturated heterocycles. The highest BCUT2D eigenvalue weighted by molar-refractivity contribution is 6.61. The Kier molecular flexibility index (Phi) is 4.00. The number of benzene rings is 1. The molecule has 0 fully saturated rings. The maximum atomic E-state index is 12.2. The average molecular weight is 299 g/mol. The molecule has 2 heterocycles. The topological polar surface area (TPSA) is 87.2 Å². The second-order valence-corrected chi connectivity index (χ2v) is 5.50. The minimum Gasteiger partial charge on any atom is -0.423 e. The molecule has 1 aliphatic rings. The first-order valence-corrected chi connectivity index (χ1v) is 7.27. The standard InChI is InChI=1S/C15H18BN3O3/c1-9-13(10(2)19-18-9)5-6-17-15(20)11-3-4-12-8-22-16(21)14(12)7-11/h3-4,7,21H,5-6,8H2,1-2H3,(H,17,20)(H,18,19). The molecule has 6 nitrogen and oxygen atoms in total. The average Bonchev–Trinajstić information content (AvgIpc) is 3.04. The normalized spacial score (nSPS) is 13.3. The number of aromatic amines is 1. The van der Waals surface area contributed by atoms with E-state index in [4.69, 9.17) is 4.65 Å². The number of hydrogen-bond acceptors (Lipinski definition) is 4. The largest absolute Gasteiger partial charge is 0.491 e. The molecule has 1 aromatic carbocycles. The van der Waals surface area contributed by atoms with Crippen molar-refractivity contribution in [2.24, 2.45) is 0 Å². The number of H-pyrrole nitrogens is 1. The molecular weight excluding hydrogens is 281 g/mol. The van der Waals surface area contributed by atoms with Crippen molar-refractivity contribution in [2.75, 3.05) is 6.54 Å². The van der Waals surface area contributed by atoms with Crippen LogP contribution in [-0.4, -0.2) is 34.8 Å². The molecule has 0 unspecified atom stereocenters. The van der Waals surface area contributed by atoms with Gasteiger partial charge in [-0.1, -0.05) is 6.07 Å². The van der Waals surface area contributed by atoms with Gasteiger partial charge in [-0.05, 0) is 49.0 Å². The molecule has 0 bridgehead atoms. The van der Waals surface area contributed by atoms with Crippen molar-refractivity contribution in [1.29, 1.82) is 0 Å². The molecule has 3 rings (SSSR count). The van der Waals surface area contributed by atoms with E-state index in [9.17, 15) is 9.82 Å². The summed E-state index contributed by atoms with van der Waals surface area (Å²) in [6, 6.07) is 5.27. The number of fused-ring (bicyclic) bond motifs is 1. The number of amides is 1. The summed E-state index contributed by atoms with van der Waals surface area (Å²) in [5, 5.41) is 19.7. The van der Waals surface area contributed by atoms with Gasteiger partial charge in [-0.3, -0.25) is 9.89 Å². The summed E-state index contributed by atoms with van der Waals surface area (Å²) in [4.78, 5) is 12.2. The lowest BCUT2D eigenvalue weighted by atomic mass is 9.79. The van der Waals surface area contributed by atoms with E-state index in [2.05, 4.69) is 15.5 Å². The van der Waals surface area contributed by atoms with Crippen LogP contribution in [0.2, 0.25) is 0 Å². The van der Waals surface area contributed by atoms with Gasteiger partial charge in [-0.25, -0.2) is 0 Å². The van der Waals surface area contributed by atoms with Crippen LogP contribution < -0.4 is 10.8 Å². The lowest BCUT2D eigenvalue weighted by molar-refractivity contribution is 0.0954. The molecule has 0 atom stereocenters. The van der Waals surface area contributed by atoms with Gasteiger partial charge in [0.1, 0.15) is 0 Å². The Morgan fingerprint density at radius 2 is 2.32 bits per heavy atom. The van der Waals surface area contributed by atoms with E-state index in [-0.39, 0.29) is 5.91 Å². The van der Waals surface area contributed by atoms with Gasteiger partial charge in [0.25, 0.3) is 5.91 Å². The fourth-order valence-corrected chi connectivity index (χ4v) is 2.70. The van der Waals surface area contributed by atoms with E-state index >= 15 is 0 Å². The van der Waals surface area contributed by atoms with Crippen LogP contribution in [0.15, 0.2) is 18.2 Å². The summed E-state index contributed by atoms with van der Waals surface area (Å²) < 4.78 is 5.13. The summed E-state index contributed by atoms with van der Waals surface area (Å²) in [6.45, 7) is 4.84. The molecule has 1 aromatic heterocycles. The van der Waals surface area contributed by atoms with Gasteiger partial charge in [-0.2, -0.15) is 5.10 Å². The SMILES string of the molecule is Cc1n[nH]c(C)c1CCNC(=O)c1ccc2c(c1)B(O)OC2. The lowest BCUT2D eigenvalue weighted by Crippen LogP contribution is -2.31. The minimum atomic E-state index is -0.932. The molecule has 114 valence electrons. The number of carbonyl (C=O) groups is 1. The molecule has 0 saturated carbocycles. The van der Waals surface area contributed by atoms with Gasteiger partial charge < -0.3 is 15.0 Å². The zero-order chi connectivity index (χ0) is 15.7. The molecule has 2 aromatic rings. The quantitative estimate of drug-likeness (QED) is 0.705. The predicted molar refractivity (Wildman–Crippen MR) is 82.9 cm³/mol. The van der Waals surface area contributed by atoms with Gasteiger partial charge in [0, 0.05) is 17.8 Å². The predicted octanol–water partition coefficient (Wildman–Crippen LogP) is 0.217. The van der Waals surface area contributed by atoms with E-state index in [1.807, 2.05) is 19.9 Å². The van der Waals surface area contributed by atoms with Crippen LogP contribution in [0.4, 0.5) is 0 Å². The monoisotopic (exact) mass is 299 g/mol. The van der Waals surface area contributed by atoms with Gasteiger partial charge in [0.15, 0.2) is 0 Å². The second-order valence-electron chi connectivity index (χ2n) is 5.50. The fraction of sp³-hybridized carbons (Fsp3) is 0.333. The molecule has 3 N–H and O–H groups in total. The van der Waals surface area contributed by atoms with Crippen molar-refractivity contribution >= 4 is 18.5 Å². The van der Waals surface area contributed by atoms with Crippen molar-refractivity contribution in [3.05, 3.63) is 46.3 Å². The summed E-state index contributed by atoms with van der Waals surface area (Å²) in [6.07, 6.45) is 0.733. The number of aryl methyl sites for hydroxylation is 2. The first-order valence-electron chi connectivity index (χ1n) is 7.27. The lowest BCUT2D eigenvalue weighted by Gasteiger charge is -2.07. The first-order chi connectivity index (χ1) is 10.6. The number of nitrogens with zero attached hydrogens (tertiary/aromatic N) is 1. The summed E-state index contributed by atoms with van der Waals surface area (Å²) >= 11 is 0. The van der Waals surface area contributed by atoms with Crippen molar-refractivity contribution in [3.63, 3.8) is 0 Å². The Bertz CT molecular complexity index is 695. The van der Waals surface area contributed by atoms with Crippen LogP contribution in [0, 0.1) is 13.8 Å². The van der Waals surface area contributed by atoms with Gasteiger partial charge in [0.2, 0.25) is 0 Å². The minimum absolute atomic E-state index is 0.152. The molecule has 0 aliphatic carbocycles. The Hall–Kier alpha value is -2.12. The second kappa shape index (κ2) is 5.94. The third kappa shape index (κ3) is 2.77. The van der Waals surface area contributed by atoms with E-state index in [1.54, 1.807) is 12.1 Å². The summed E-state index contributed by atoms with van der Waals surface area (Å²) in [5.74, 6) is -0.152. The van der Waals surface area contributed by atoms with E-state index in [0.29, 0.717) is 24.2 Å². The summed E-state index contributed by atoms with van der Waals surface area (Å²) in [7, 11) is -0.932. The molecule has 0 radical (unpaired) electrons. The maximum Gasteiger partial charge on any atom is 0.491 e. The zero-order valence-corrected chi connectivity index (χ0v) is 12.6. The highest BCUT2D eigenvalue weighted by atomic mass is 16.5. The summed E-state index contributed by atoms with van der Waals surface area (Å²) in [5.41, 5.74) is 5.26. The van der Waals surface area contributed by atoms with Crippen molar-refractivity contribution < 1.29 is 14.5 Å². The fourth-order valence-electron chi connectivity index (χ4n) is 2.70. The number of rotatable bonds is 4. The van der Waals surface area contributed by atoms with Crippen LogP contribution in [0.1, 0.15) is 32.9 Å². The number of nitrogens with one attached hydrogen (secondary N) is 2. The van der Waals surface area contributed by atoms with Crippen LogP contribution >= 0.6 is 0 Å². The van der Waals surface area contributed by atoms with Gasteiger partial charge in [-0.15, -0.1) is 0 Å². The van der Waals surface area contributed by atoms with Crippen LogP contribution in [-0.2, 0) is 17.7 Å². The first kappa shape index (κ1) is 14.8. The van der Waals surface area contributed by atoms with E-state index < -0.39 is 7.12 Å². The third-order valence-corrected chi connectivity index (χ3v) is 4.01. The van der Waals surface area contributed by atoms with E-state index in [1.165, 1.54) is 0 Å². The number of hydrogen-bond donors (Lipinski definition) is 3. The highest BCUT2D eigenvalue weighted by Crippen LogP contribution is 2.12. The molecule has 1 amide bonds. The molecule has 0 spiro atoms. The van der Waals surface area contributed by atoms with Crippen molar-refractivity contribution in [2.45, 2.75) is 26.9 Å². The Labute approximate surface area is 129 Å². The molecule has 22 heavy (non-hydrogen) atoms. The zero-order valence-electron chi connectivity index (χ0n) is 12.6. The van der Waals surface area contributed by atoms with Crippen LogP contribution in [0.25, 0.3) is 0 Å². The van der Waals surface area contributed by atoms with Gasteiger partial charge in [0.05, 0.1) is 12.3 Å². The Morgan fingerprint density at radius 3 is 3.05 bits per heavy atom. The number of aromatic nitrogens is 2. The third-order valence-electron chi connectivity index (χ3n) is 4.01. The van der Waals surface area contributed by atoms with Crippen molar-refractivity contribution in [3.8, 4) is 0 Å². The van der Waals surface area contributed by atoms with E-state index in [0.717, 1.165) is 28.9 Å². The highest BCUT2D eigenvalue weighted by Gasteiger charge is 2.27. The smallest absolute Gasteiger partial charge is 0.423 e. The van der Waals surface area contributed by atoms with Crippen molar-refractivity contribution in [1.82, 2.24) is 15.5 Å². The van der Waals surface area contributed by atoms with Crippen LogP contribution in [0.3, 0.4) is 0 Å². The Balaban J connectivity index is 1.62. The maximum absolute atomic E-state index is 12.2. The van der Waals surface area contributed by atoms with Crippen LogP contribution in [0.5, 0.6) is 0 Å².